The summed E-state index contributed by atoms with van der Waals surface area (Å²) in [6.45, 7) is 0.675. The summed E-state index contributed by atoms with van der Waals surface area (Å²) in [4.78, 5) is 0. The van der Waals surface area contributed by atoms with Crippen LogP contribution in [0.2, 0.25) is 5.02 Å². The SMILES string of the molecule is OCC1(NCc2cc(F)cc(Cl)c2)CCCC1. The van der Waals surface area contributed by atoms with Crippen LogP contribution in [0.4, 0.5) is 4.39 Å². The van der Waals surface area contributed by atoms with Crippen LogP contribution in [0.25, 0.3) is 0 Å². The van der Waals surface area contributed by atoms with E-state index in [0.717, 1.165) is 31.2 Å². The number of aliphatic hydroxyl groups is 1. The van der Waals surface area contributed by atoms with Crippen LogP contribution in [-0.4, -0.2) is 17.3 Å². The standard InChI is InChI=1S/C13H17ClFNO/c14-11-5-10(6-12(15)7-11)8-16-13(9-17)3-1-2-4-13/h5-7,16-17H,1-4,8-9H2. The molecular formula is C13H17ClFNO. The molecule has 4 heteroatoms. The molecule has 0 unspecified atom stereocenters. The lowest BCUT2D eigenvalue weighted by Gasteiger charge is -2.28. The molecule has 17 heavy (non-hydrogen) atoms. The van der Waals surface area contributed by atoms with E-state index in [9.17, 15) is 9.50 Å². The quantitative estimate of drug-likeness (QED) is 0.869. The lowest BCUT2D eigenvalue weighted by atomic mass is 9.98. The molecule has 2 N–H and O–H groups in total. The molecule has 1 saturated carbocycles. The summed E-state index contributed by atoms with van der Waals surface area (Å²) in [6.07, 6.45) is 4.23. The first-order chi connectivity index (χ1) is 8.13. The Morgan fingerprint density at radius 2 is 2.00 bits per heavy atom. The molecule has 0 aromatic heterocycles. The predicted octanol–water partition coefficient (Wildman–Crippen LogP) is 2.87. The Morgan fingerprint density at radius 1 is 1.29 bits per heavy atom. The number of hydrogen-bond donors (Lipinski definition) is 2. The van der Waals surface area contributed by atoms with Gasteiger partial charge in [0.2, 0.25) is 0 Å². The summed E-state index contributed by atoms with van der Waals surface area (Å²) in [5, 5.41) is 13.2. The smallest absolute Gasteiger partial charge is 0.125 e. The third-order valence-corrected chi connectivity index (χ3v) is 3.67. The Balaban J connectivity index is 2.01. The molecule has 0 spiro atoms. The predicted molar refractivity (Wildman–Crippen MR) is 66.5 cm³/mol. The summed E-state index contributed by atoms with van der Waals surface area (Å²) in [5.41, 5.74) is 0.633. The summed E-state index contributed by atoms with van der Waals surface area (Å²) in [7, 11) is 0. The zero-order chi connectivity index (χ0) is 12.3. The fraction of sp³-hybridized carbons (Fsp3) is 0.538. The maximum Gasteiger partial charge on any atom is 0.125 e. The fourth-order valence-corrected chi connectivity index (χ4v) is 2.69. The van der Waals surface area contributed by atoms with Crippen LogP contribution in [0.1, 0.15) is 31.2 Å². The number of rotatable bonds is 4. The van der Waals surface area contributed by atoms with Crippen molar-refractivity contribution in [3.63, 3.8) is 0 Å². The number of halogens is 2. The number of benzene rings is 1. The van der Waals surface area contributed by atoms with Crippen molar-refractivity contribution in [1.29, 1.82) is 0 Å². The Morgan fingerprint density at radius 3 is 2.59 bits per heavy atom. The highest BCUT2D eigenvalue weighted by atomic mass is 35.5. The molecular weight excluding hydrogens is 241 g/mol. The van der Waals surface area contributed by atoms with Crippen LogP contribution < -0.4 is 5.32 Å². The van der Waals surface area contributed by atoms with E-state index in [-0.39, 0.29) is 18.0 Å². The Labute approximate surface area is 106 Å². The second kappa shape index (κ2) is 5.34. The van der Waals surface area contributed by atoms with Crippen LogP contribution in [-0.2, 0) is 6.54 Å². The molecule has 94 valence electrons. The lowest BCUT2D eigenvalue weighted by Crippen LogP contribution is -2.45. The van der Waals surface area contributed by atoms with Crippen molar-refractivity contribution < 1.29 is 9.50 Å². The van der Waals surface area contributed by atoms with Crippen LogP contribution in [0.3, 0.4) is 0 Å². The first kappa shape index (κ1) is 12.8. The minimum Gasteiger partial charge on any atom is -0.394 e. The highest BCUT2D eigenvalue weighted by Gasteiger charge is 2.32. The van der Waals surface area contributed by atoms with Crippen molar-refractivity contribution in [1.82, 2.24) is 5.32 Å². The molecule has 1 aliphatic carbocycles. The fourth-order valence-electron chi connectivity index (χ4n) is 2.45. The minimum atomic E-state index is -0.321. The van der Waals surface area contributed by atoms with Crippen molar-refractivity contribution >= 4 is 11.6 Å². The van der Waals surface area contributed by atoms with Gasteiger partial charge < -0.3 is 10.4 Å². The molecule has 2 rings (SSSR count). The van der Waals surface area contributed by atoms with Gasteiger partial charge in [-0.3, -0.25) is 0 Å². The normalized spacial score (nSPS) is 18.5. The van der Waals surface area contributed by atoms with E-state index in [1.807, 2.05) is 0 Å². The van der Waals surface area contributed by atoms with Crippen LogP contribution in [0.5, 0.6) is 0 Å². The van der Waals surface area contributed by atoms with Gasteiger partial charge in [-0.1, -0.05) is 24.4 Å². The van der Waals surface area contributed by atoms with Gasteiger partial charge in [0.15, 0.2) is 0 Å². The Bertz CT molecular complexity index is 371. The zero-order valence-corrected chi connectivity index (χ0v) is 10.4. The number of aliphatic hydroxyl groups excluding tert-OH is 1. The van der Waals surface area contributed by atoms with E-state index in [4.69, 9.17) is 11.6 Å². The van der Waals surface area contributed by atoms with Crippen molar-refractivity contribution in [3.05, 3.63) is 34.6 Å². The van der Waals surface area contributed by atoms with Crippen molar-refractivity contribution in [3.8, 4) is 0 Å². The average molecular weight is 258 g/mol. The molecule has 0 bridgehead atoms. The maximum absolute atomic E-state index is 13.1. The van der Waals surface area contributed by atoms with Gasteiger partial charge in [0.05, 0.1) is 6.61 Å². The molecule has 1 fully saturated rings. The second-order valence-corrected chi connectivity index (χ2v) is 5.21. The monoisotopic (exact) mass is 257 g/mol. The summed E-state index contributed by atoms with van der Waals surface area (Å²) in [5.74, 6) is -0.321. The van der Waals surface area contributed by atoms with Gasteiger partial charge in [0.1, 0.15) is 5.82 Å². The second-order valence-electron chi connectivity index (χ2n) is 4.78. The van der Waals surface area contributed by atoms with Gasteiger partial charge in [0, 0.05) is 17.1 Å². The van der Waals surface area contributed by atoms with Crippen LogP contribution in [0, 0.1) is 5.82 Å². The van der Waals surface area contributed by atoms with Gasteiger partial charge >= 0.3 is 0 Å². The van der Waals surface area contributed by atoms with Gasteiger partial charge in [-0.15, -0.1) is 0 Å². The Hall–Kier alpha value is -0.640. The van der Waals surface area contributed by atoms with Crippen LogP contribution >= 0.6 is 11.6 Å². The van der Waals surface area contributed by atoms with E-state index < -0.39 is 0 Å². The minimum absolute atomic E-state index is 0.135. The average Bonchev–Trinajstić information content (AvgIpc) is 2.74. The highest BCUT2D eigenvalue weighted by Crippen LogP contribution is 2.29. The molecule has 2 nitrogen and oxygen atoms in total. The molecule has 1 aromatic rings. The molecule has 1 aromatic carbocycles. The summed E-state index contributed by atoms with van der Waals surface area (Å²) >= 11 is 5.80. The van der Waals surface area contributed by atoms with Crippen LogP contribution in [0.15, 0.2) is 18.2 Å². The first-order valence-corrected chi connectivity index (χ1v) is 6.32. The van der Waals surface area contributed by atoms with E-state index in [2.05, 4.69) is 5.32 Å². The molecule has 0 amide bonds. The number of nitrogens with one attached hydrogen (secondary N) is 1. The van der Waals surface area contributed by atoms with Crippen molar-refractivity contribution in [2.45, 2.75) is 37.8 Å². The third-order valence-electron chi connectivity index (χ3n) is 3.45. The highest BCUT2D eigenvalue weighted by molar-refractivity contribution is 6.30. The zero-order valence-electron chi connectivity index (χ0n) is 9.68. The van der Waals surface area contributed by atoms with Crippen molar-refractivity contribution in [2.75, 3.05) is 6.61 Å². The molecule has 0 heterocycles. The summed E-state index contributed by atoms with van der Waals surface area (Å²) in [6, 6.07) is 4.51. The van der Waals surface area contributed by atoms with Gasteiger partial charge in [-0.25, -0.2) is 4.39 Å². The maximum atomic E-state index is 13.1. The molecule has 0 radical (unpaired) electrons. The topological polar surface area (TPSA) is 32.3 Å². The van der Waals surface area contributed by atoms with Gasteiger partial charge in [0.25, 0.3) is 0 Å². The van der Waals surface area contributed by atoms with Crippen molar-refractivity contribution in [2.24, 2.45) is 0 Å². The lowest BCUT2D eigenvalue weighted by molar-refractivity contribution is 0.163. The number of hydrogen-bond acceptors (Lipinski definition) is 2. The largest absolute Gasteiger partial charge is 0.394 e. The third kappa shape index (κ3) is 3.18. The first-order valence-electron chi connectivity index (χ1n) is 5.94. The molecule has 0 atom stereocenters. The molecule has 0 saturated heterocycles. The van der Waals surface area contributed by atoms with E-state index >= 15 is 0 Å². The van der Waals surface area contributed by atoms with Gasteiger partial charge in [-0.05, 0) is 36.6 Å². The van der Waals surface area contributed by atoms with Gasteiger partial charge in [-0.2, -0.15) is 0 Å². The summed E-state index contributed by atoms with van der Waals surface area (Å²) < 4.78 is 13.1. The molecule has 0 aliphatic heterocycles. The molecule has 1 aliphatic rings. The van der Waals surface area contributed by atoms with E-state index in [1.165, 1.54) is 12.1 Å². The van der Waals surface area contributed by atoms with E-state index in [0.29, 0.717) is 11.6 Å². The Kier molecular flexibility index (Phi) is 4.02. The van der Waals surface area contributed by atoms with E-state index in [1.54, 1.807) is 6.07 Å².